The molecule has 0 amide bonds. The predicted octanol–water partition coefficient (Wildman–Crippen LogP) is 3.16. The van der Waals surface area contributed by atoms with Crippen LogP contribution >= 0.6 is 24.3 Å². The molecule has 0 heterocycles. The van der Waals surface area contributed by atoms with E-state index in [1.54, 1.807) is 0 Å². The minimum atomic E-state index is -0.597. The first-order chi connectivity index (χ1) is 5.35. The third kappa shape index (κ3) is 7.20. The monoisotopic (exact) mass is 242 g/mol. The topological polar surface area (TPSA) is 18.5 Å². The van der Waals surface area contributed by atoms with Crippen molar-refractivity contribution in [3.05, 3.63) is 0 Å². The summed E-state index contributed by atoms with van der Waals surface area (Å²) in [5, 5.41) is 1.03. The van der Waals surface area contributed by atoms with Gasteiger partial charge in [-0.05, 0) is 20.3 Å². The molecule has 0 aromatic heterocycles. The minimum absolute atomic E-state index is 0.597. The van der Waals surface area contributed by atoms with Crippen LogP contribution in [0.5, 0.6) is 0 Å². The van der Waals surface area contributed by atoms with E-state index in [4.69, 9.17) is 9.05 Å². The highest BCUT2D eigenvalue weighted by Gasteiger charge is 2.06. The maximum atomic E-state index is 5.41. The first kappa shape index (κ1) is 11.8. The predicted molar refractivity (Wildman–Crippen MR) is 53.5 cm³/mol. The van der Waals surface area contributed by atoms with Crippen molar-refractivity contribution >= 4 is 24.3 Å². The van der Waals surface area contributed by atoms with Gasteiger partial charge in [-0.2, -0.15) is 0 Å². The SMILES string of the molecule is CCOP(CCCBr)OCC. The zero-order valence-electron chi connectivity index (χ0n) is 7.18. The third-order valence-corrected chi connectivity index (χ3v) is 3.35. The van der Waals surface area contributed by atoms with Gasteiger partial charge in [-0.3, -0.25) is 0 Å². The van der Waals surface area contributed by atoms with Gasteiger partial charge < -0.3 is 9.05 Å². The molecule has 0 fully saturated rings. The van der Waals surface area contributed by atoms with Crippen LogP contribution in [0.4, 0.5) is 0 Å². The summed E-state index contributed by atoms with van der Waals surface area (Å²) in [6, 6.07) is 0. The van der Waals surface area contributed by atoms with Crippen LogP contribution < -0.4 is 0 Å². The molecule has 0 bridgehead atoms. The van der Waals surface area contributed by atoms with Crippen LogP contribution in [0.25, 0.3) is 0 Å². The Balaban J connectivity index is 3.34. The number of halogens is 1. The van der Waals surface area contributed by atoms with Gasteiger partial charge in [-0.1, -0.05) is 15.9 Å². The summed E-state index contributed by atoms with van der Waals surface area (Å²) in [5.74, 6) is 0. The molecule has 4 heteroatoms. The summed E-state index contributed by atoms with van der Waals surface area (Å²) >= 11 is 3.38. The van der Waals surface area contributed by atoms with Gasteiger partial charge in [-0.15, -0.1) is 0 Å². The molecule has 11 heavy (non-hydrogen) atoms. The Bertz CT molecular complexity index is 76.8. The second kappa shape index (κ2) is 8.92. The molecule has 0 saturated carbocycles. The van der Waals surface area contributed by atoms with Crippen molar-refractivity contribution in [3.63, 3.8) is 0 Å². The molecule has 0 aliphatic heterocycles. The van der Waals surface area contributed by atoms with Crippen molar-refractivity contribution in [3.8, 4) is 0 Å². The maximum absolute atomic E-state index is 5.41. The van der Waals surface area contributed by atoms with E-state index in [0.29, 0.717) is 0 Å². The minimum Gasteiger partial charge on any atom is -0.334 e. The molecule has 0 radical (unpaired) electrons. The summed E-state index contributed by atoms with van der Waals surface area (Å²) in [6.07, 6.45) is 2.17. The fraction of sp³-hybridized carbons (Fsp3) is 1.00. The quantitative estimate of drug-likeness (QED) is 0.505. The average Bonchev–Trinajstić information content (AvgIpc) is 2.01. The Morgan fingerprint density at radius 3 is 2.09 bits per heavy atom. The van der Waals surface area contributed by atoms with Crippen LogP contribution in [-0.4, -0.2) is 24.7 Å². The molecular weight excluding hydrogens is 227 g/mol. The van der Waals surface area contributed by atoms with Gasteiger partial charge in [0.1, 0.15) is 0 Å². The van der Waals surface area contributed by atoms with Gasteiger partial charge in [-0.25, -0.2) is 0 Å². The van der Waals surface area contributed by atoms with Gasteiger partial charge in [0.25, 0.3) is 0 Å². The molecule has 0 N–H and O–H groups in total. The second-order valence-corrected chi connectivity index (χ2v) is 4.36. The van der Waals surface area contributed by atoms with Crippen LogP contribution in [0.15, 0.2) is 0 Å². The van der Waals surface area contributed by atoms with Crippen molar-refractivity contribution < 1.29 is 9.05 Å². The van der Waals surface area contributed by atoms with Crippen molar-refractivity contribution in [1.29, 1.82) is 0 Å². The summed E-state index contributed by atoms with van der Waals surface area (Å²) in [5.41, 5.74) is 0. The Morgan fingerprint density at radius 2 is 1.73 bits per heavy atom. The van der Waals surface area contributed by atoms with Gasteiger partial charge in [0.15, 0.2) is 8.38 Å². The van der Waals surface area contributed by atoms with E-state index in [1.807, 2.05) is 13.8 Å². The molecule has 0 saturated heterocycles. The highest BCUT2D eigenvalue weighted by atomic mass is 79.9. The summed E-state index contributed by atoms with van der Waals surface area (Å²) in [7, 11) is -0.597. The van der Waals surface area contributed by atoms with Gasteiger partial charge in [0, 0.05) is 11.5 Å². The first-order valence-electron chi connectivity index (χ1n) is 3.94. The van der Waals surface area contributed by atoms with Crippen molar-refractivity contribution in [1.82, 2.24) is 0 Å². The summed E-state index contributed by atoms with van der Waals surface area (Å²) in [6.45, 7) is 5.52. The zero-order chi connectivity index (χ0) is 8.53. The smallest absolute Gasteiger partial charge is 0.170 e. The Kier molecular flexibility index (Phi) is 9.60. The molecule has 0 aromatic carbocycles. The average molecular weight is 243 g/mol. The summed E-state index contributed by atoms with van der Waals surface area (Å²) < 4.78 is 10.8. The van der Waals surface area contributed by atoms with E-state index in [-0.39, 0.29) is 0 Å². The van der Waals surface area contributed by atoms with Gasteiger partial charge in [0.2, 0.25) is 0 Å². The number of rotatable bonds is 7. The van der Waals surface area contributed by atoms with E-state index in [2.05, 4.69) is 15.9 Å². The molecule has 0 unspecified atom stereocenters. The van der Waals surface area contributed by atoms with Crippen molar-refractivity contribution in [2.45, 2.75) is 20.3 Å². The highest BCUT2D eigenvalue weighted by molar-refractivity contribution is 9.09. The van der Waals surface area contributed by atoms with Crippen molar-refractivity contribution in [2.75, 3.05) is 24.7 Å². The molecule has 0 atom stereocenters. The molecule has 2 nitrogen and oxygen atoms in total. The fourth-order valence-electron chi connectivity index (χ4n) is 0.643. The molecular formula is C7H16BrO2P. The second-order valence-electron chi connectivity index (χ2n) is 1.93. The van der Waals surface area contributed by atoms with E-state index in [0.717, 1.165) is 31.1 Å². The molecule has 0 aliphatic rings. The van der Waals surface area contributed by atoms with Crippen molar-refractivity contribution in [2.24, 2.45) is 0 Å². The van der Waals surface area contributed by atoms with Crippen LogP contribution in [-0.2, 0) is 9.05 Å². The van der Waals surface area contributed by atoms with Gasteiger partial charge in [0.05, 0.1) is 13.2 Å². The Morgan fingerprint density at radius 1 is 1.18 bits per heavy atom. The number of hydrogen-bond donors (Lipinski definition) is 0. The summed E-state index contributed by atoms with van der Waals surface area (Å²) in [4.78, 5) is 0. The van der Waals surface area contributed by atoms with Gasteiger partial charge >= 0.3 is 0 Å². The largest absolute Gasteiger partial charge is 0.334 e. The molecule has 0 aliphatic carbocycles. The lowest BCUT2D eigenvalue weighted by Crippen LogP contribution is -1.95. The molecule has 0 rings (SSSR count). The van der Waals surface area contributed by atoms with E-state index >= 15 is 0 Å². The normalized spacial score (nSPS) is 10.9. The number of alkyl halides is 1. The lowest BCUT2D eigenvalue weighted by Gasteiger charge is -2.14. The molecule has 68 valence electrons. The standard InChI is InChI=1S/C7H16BrO2P/c1-3-9-11(10-4-2)7-5-6-8/h3-7H2,1-2H3. The third-order valence-electron chi connectivity index (χ3n) is 1.02. The van der Waals surface area contributed by atoms with Crippen LogP contribution in [0.3, 0.4) is 0 Å². The number of hydrogen-bond acceptors (Lipinski definition) is 2. The van der Waals surface area contributed by atoms with E-state index in [9.17, 15) is 0 Å². The Hall–Kier alpha value is 0.830. The van der Waals surface area contributed by atoms with E-state index in [1.165, 1.54) is 0 Å². The first-order valence-corrected chi connectivity index (χ1v) is 6.42. The molecule has 0 aromatic rings. The molecule has 0 spiro atoms. The Labute approximate surface area is 78.7 Å². The van der Waals surface area contributed by atoms with Crippen LogP contribution in [0, 0.1) is 0 Å². The van der Waals surface area contributed by atoms with E-state index < -0.39 is 8.38 Å². The van der Waals surface area contributed by atoms with Crippen LogP contribution in [0.1, 0.15) is 20.3 Å². The maximum Gasteiger partial charge on any atom is 0.170 e. The zero-order valence-corrected chi connectivity index (χ0v) is 9.66. The lowest BCUT2D eigenvalue weighted by atomic mass is 10.6. The van der Waals surface area contributed by atoms with Crippen LogP contribution in [0.2, 0.25) is 0 Å². The highest BCUT2D eigenvalue weighted by Crippen LogP contribution is 2.38. The fourth-order valence-corrected chi connectivity index (χ4v) is 2.68. The lowest BCUT2D eigenvalue weighted by molar-refractivity contribution is 0.269.